The smallest absolute Gasteiger partial charge is 0.307 e. The van der Waals surface area contributed by atoms with Crippen LogP contribution in [0.25, 0.3) is 0 Å². The molecule has 1 fully saturated rings. The van der Waals surface area contributed by atoms with E-state index in [1.165, 1.54) is 24.3 Å². The molecular weight excluding hydrogens is 318 g/mol. The highest BCUT2D eigenvalue weighted by Crippen LogP contribution is 2.38. The average molecular weight is 332 g/mol. The van der Waals surface area contributed by atoms with Crippen LogP contribution in [-0.4, -0.2) is 37.7 Å². The van der Waals surface area contributed by atoms with E-state index in [4.69, 9.17) is 16.7 Å². The third kappa shape index (κ3) is 3.95. The van der Waals surface area contributed by atoms with Gasteiger partial charge in [-0.15, -0.1) is 0 Å². The van der Waals surface area contributed by atoms with Gasteiger partial charge in [-0.2, -0.15) is 0 Å². The average Bonchev–Trinajstić information content (AvgIpc) is 3.19. The quantitative estimate of drug-likeness (QED) is 0.808. The molecule has 0 heterocycles. The summed E-state index contributed by atoms with van der Waals surface area (Å²) in [6.07, 6.45) is 0.311. The summed E-state index contributed by atoms with van der Waals surface area (Å²) in [5, 5.41) is 11.6. The van der Waals surface area contributed by atoms with Gasteiger partial charge in [0.1, 0.15) is 0 Å². The fourth-order valence-electron chi connectivity index (χ4n) is 1.96. The van der Waals surface area contributed by atoms with Crippen LogP contribution in [0.15, 0.2) is 29.2 Å². The minimum atomic E-state index is -3.50. The Morgan fingerprint density at radius 1 is 1.24 bits per heavy atom. The minimum absolute atomic E-state index is 0.0490. The molecule has 0 bridgehead atoms. The highest BCUT2D eigenvalue weighted by molar-refractivity contribution is 7.91. The van der Waals surface area contributed by atoms with Crippen LogP contribution in [0.3, 0.4) is 0 Å². The summed E-state index contributed by atoms with van der Waals surface area (Å²) in [7, 11) is -3.50. The van der Waals surface area contributed by atoms with Gasteiger partial charge in [0.15, 0.2) is 9.84 Å². The Labute approximate surface area is 127 Å². The van der Waals surface area contributed by atoms with Crippen LogP contribution in [-0.2, 0) is 19.4 Å². The Bertz CT molecular complexity index is 656. The third-order valence-corrected chi connectivity index (χ3v) is 5.27. The van der Waals surface area contributed by atoms with Gasteiger partial charge in [-0.25, -0.2) is 8.42 Å². The first-order valence-corrected chi connectivity index (χ1v) is 8.33. The van der Waals surface area contributed by atoms with Crippen molar-refractivity contribution in [1.82, 2.24) is 5.32 Å². The lowest BCUT2D eigenvalue weighted by Gasteiger charge is -2.06. The van der Waals surface area contributed by atoms with Crippen molar-refractivity contribution in [2.45, 2.75) is 11.3 Å². The van der Waals surface area contributed by atoms with Crippen LogP contribution >= 0.6 is 11.6 Å². The molecule has 1 aromatic carbocycles. The highest BCUT2D eigenvalue weighted by atomic mass is 35.5. The van der Waals surface area contributed by atoms with Gasteiger partial charge in [-0.05, 0) is 30.7 Å². The lowest BCUT2D eigenvalue weighted by atomic mass is 10.3. The number of amides is 1. The van der Waals surface area contributed by atoms with Crippen molar-refractivity contribution in [3.05, 3.63) is 29.3 Å². The number of carboxylic acids is 1. The molecule has 1 aromatic rings. The highest BCUT2D eigenvalue weighted by Gasteiger charge is 2.48. The molecule has 2 atom stereocenters. The number of hydrogen-bond donors (Lipinski definition) is 2. The summed E-state index contributed by atoms with van der Waals surface area (Å²) in [6, 6.07) is 5.77. The van der Waals surface area contributed by atoms with E-state index in [0.717, 1.165) is 0 Å². The number of carbonyl (C=O) groups is 2. The van der Waals surface area contributed by atoms with Crippen LogP contribution in [0, 0.1) is 11.8 Å². The van der Waals surface area contributed by atoms with E-state index in [2.05, 4.69) is 5.32 Å². The van der Waals surface area contributed by atoms with Crippen molar-refractivity contribution in [2.24, 2.45) is 11.8 Å². The van der Waals surface area contributed by atoms with E-state index < -0.39 is 33.5 Å². The molecule has 1 amide bonds. The van der Waals surface area contributed by atoms with E-state index >= 15 is 0 Å². The van der Waals surface area contributed by atoms with Crippen molar-refractivity contribution in [3.8, 4) is 0 Å². The van der Waals surface area contributed by atoms with Gasteiger partial charge in [-0.1, -0.05) is 11.6 Å². The molecule has 2 unspecified atom stereocenters. The first-order valence-electron chi connectivity index (χ1n) is 6.30. The second-order valence-corrected chi connectivity index (χ2v) is 7.40. The summed E-state index contributed by atoms with van der Waals surface area (Å²) in [6.45, 7) is -0.0490. The lowest BCUT2D eigenvalue weighted by molar-refractivity contribution is -0.140. The number of carboxylic acid groups (broad SMARTS) is 1. The molecule has 1 aliphatic rings. The molecule has 6 nitrogen and oxygen atoms in total. The zero-order valence-corrected chi connectivity index (χ0v) is 12.5. The van der Waals surface area contributed by atoms with E-state index in [9.17, 15) is 18.0 Å². The molecule has 0 spiro atoms. The van der Waals surface area contributed by atoms with E-state index in [1.807, 2.05) is 0 Å². The van der Waals surface area contributed by atoms with Crippen molar-refractivity contribution in [3.63, 3.8) is 0 Å². The Kier molecular flexibility index (Phi) is 4.53. The Hall–Kier alpha value is -1.60. The third-order valence-electron chi connectivity index (χ3n) is 3.29. The molecule has 0 saturated heterocycles. The number of halogens is 1. The molecule has 21 heavy (non-hydrogen) atoms. The van der Waals surface area contributed by atoms with Crippen LogP contribution in [0.1, 0.15) is 6.42 Å². The second-order valence-electron chi connectivity index (χ2n) is 4.85. The minimum Gasteiger partial charge on any atom is -0.481 e. The fourth-order valence-corrected chi connectivity index (χ4v) is 3.24. The first kappa shape index (κ1) is 15.8. The largest absolute Gasteiger partial charge is 0.481 e. The molecule has 1 saturated carbocycles. The zero-order valence-electron chi connectivity index (χ0n) is 11.0. The van der Waals surface area contributed by atoms with E-state index in [1.54, 1.807) is 0 Å². The van der Waals surface area contributed by atoms with Gasteiger partial charge in [-0.3, -0.25) is 9.59 Å². The van der Waals surface area contributed by atoms with E-state index in [-0.39, 0.29) is 17.2 Å². The predicted octanol–water partition coefficient (Wildman–Crippen LogP) is 0.951. The summed E-state index contributed by atoms with van der Waals surface area (Å²) in [5.41, 5.74) is 0. The Morgan fingerprint density at radius 2 is 1.86 bits per heavy atom. The molecule has 0 aliphatic heterocycles. The zero-order chi connectivity index (χ0) is 15.6. The van der Waals surface area contributed by atoms with Crippen LogP contribution < -0.4 is 5.32 Å². The number of nitrogens with one attached hydrogen (secondary N) is 1. The maximum absolute atomic E-state index is 12.0. The normalized spacial score (nSPS) is 20.8. The number of carbonyl (C=O) groups excluding carboxylic acids is 1. The van der Waals surface area contributed by atoms with Gasteiger partial charge in [0.2, 0.25) is 5.91 Å². The van der Waals surface area contributed by atoms with Gasteiger partial charge >= 0.3 is 5.97 Å². The second kappa shape index (κ2) is 6.03. The molecule has 114 valence electrons. The summed E-state index contributed by atoms with van der Waals surface area (Å²) in [5.74, 6) is -2.83. The summed E-state index contributed by atoms with van der Waals surface area (Å²) < 4.78 is 24.0. The van der Waals surface area contributed by atoms with Crippen LogP contribution in [0.2, 0.25) is 5.02 Å². The van der Waals surface area contributed by atoms with Crippen molar-refractivity contribution in [1.29, 1.82) is 0 Å². The molecule has 8 heteroatoms. The van der Waals surface area contributed by atoms with Crippen LogP contribution in [0.5, 0.6) is 0 Å². The van der Waals surface area contributed by atoms with Crippen LogP contribution in [0.4, 0.5) is 0 Å². The Morgan fingerprint density at radius 3 is 2.38 bits per heavy atom. The number of sulfone groups is 1. The number of hydrogen-bond acceptors (Lipinski definition) is 4. The predicted molar refractivity (Wildman–Crippen MR) is 75.7 cm³/mol. The monoisotopic (exact) mass is 331 g/mol. The van der Waals surface area contributed by atoms with Crippen molar-refractivity contribution < 1.29 is 23.1 Å². The van der Waals surface area contributed by atoms with Crippen molar-refractivity contribution >= 4 is 33.3 Å². The number of rotatable bonds is 6. The molecular formula is C13H14ClNO5S. The topological polar surface area (TPSA) is 101 Å². The van der Waals surface area contributed by atoms with Gasteiger partial charge in [0, 0.05) is 11.6 Å². The summed E-state index contributed by atoms with van der Waals surface area (Å²) in [4.78, 5) is 22.4. The maximum Gasteiger partial charge on any atom is 0.307 e. The molecule has 0 aromatic heterocycles. The first-order chi connectivity index (χ1) is 9.81. The number of aliphatic carboxylic acids is 1. The van der Waals surface area contributed by atoms with Gasteiger partial charge in [0.05, 0.1) is 22.5 Å². The Balaban J connectivity index is 1.84. The van der Waals surface area contributed by atoms with Gasteiger partial charge in [0.25, 0.3) is 0 Å². The lowest BCUT2D eigenvalue weighted by Crippen LogP contribution is -2.31. The summed E-state index contributed by atoms with van der Waals surface area (Å²) >= 11 is 5.69. The fraction of sp³-hybridized carbons (Fsp3) is 0.385. The van der Waals surface area contributed by atoms with Crippen molar-refractivity contribution in [2.75, 3.05) is 12.3 Å². The van der Waals surface area contributed by atoms with Gasteiger partial charge < -0.3 is 10.4 Å². The molecule has 1 aliphatic carbocycles. The number of benzene rings is 1. The molecule has 2 N–H and O–H groups in total. The standard InChI is InChI=1S/C13H14ClNO5S/c14-8-1-3-9(4-2-8)21(19,20)6-5-15-12(16)10-7-11(10)13(17)18/h1-4,10-11H,5-7H2,(H,15,16)(H,17,18). The SMILES string of the molecule is O=C(O)C1CC1C(=O)NCCS(=O)(=O)c1ccc(Cl)cc1. The van der Waals surface area contributed by atoms with E-state index in [0.29, 0.717) is 11.4 Å². The molecule has 2 rings (SSSR count). The molecule has 0 radical (unpaired) electrons. The maximum atomic E-state index is 12.0.